The number of halogens is 3. The van der Waals surface area contributed by atoms with E-state index < -0.39 is 0 Å². The summed E-state index contributed by atoms with van der Waals surface area (Å²) in [6, 6.07) is 67.0. The van der Waals surface area contributed by atoms with Crippen LogP contribution in [0.2, 0.25) is 0 Å². The van der Waals surface area contributed by atoms with Crippen molar-refractivity contribution in [1.82, 2.24) is 19.1 Å². The van der Waals surface area contributed by atoms with Gasteiger partial charge < -0.3 is 27.3 Å². The lowest BCUT2D eigenvalue weighted by atomic mass is 9.78. The molecule has 0 N–H and O–H groups in total. The summed E-state index contributed by atoms with van der Waals surface area (Å²) in [6.07, 6.45) is 3.71. The van der Waals surface area contributed by atoms with Crippen molar-refractivity contribution < 1.29 is 18.1 Å². The van der Waals surface area contributed by atoms with E-state index in [-0.39, 0.29) is 18.3 Å². The maximum Gasteiger partial charge on any atom is 0.494 e. The Kier molecular flexibility index (Phi) is 12.3. The Morgan fingerprint density at radius 3 is 1.39 bits per heavy atom. The molecule has 15 rings (SSSR count). The molecule has 0 bridgehead atoms. The topological polar surface area (TPSA) is 80.4 Å². The molecule has 8 aromatic carbocycles. The Morgan fingerprint density at radius 2 is 0.855 bits per heavy atom. The van der Waals surface area contributed by atoms with Crippen LogP contribution < -0.4 is 5.46 Å². The molecule has 76 heavy (non-hydrogen) atoms. The molecular formula is C64H46BBr2IN4O4. The van der Waals surface area contributed by atoms with Crippen LogP contribution >= 0.6 is 54.5 Å². The van der Waals surface area contributed by atoms with Gasteiger partial charge in [-0.3, -0.25) is 9.97 Å². The van der Waals surface area contributed by atoms with E-state index in [0.29, 0.717) is 0 Å². The molecule has 1 saturated heterocycles. The van der Waals surface area contributed by atoms with Gasteiger partial charge in [0.05, 0.1) is 44.3 Å². The summed E-state index contributed by atoms with van der Waals surface area (Å²) < 4.78 is 32.2. The summed E-state index contributed by atoms with van der Waals surface area (Å²) in [7, 11) is -0.381. The van der Waals surface area contributed by atoms with Crippen LogP contribution in [0.4, 0.5) is 0 Å². The number of benzene rings is 8. The van der Waals surface area contributed by atoms with E-state index in [4.69, 9.17) is 23.1 Å². The van der Waals surface area contributed by atoms with Crippen molar-refractivity contribution in [3.63, 3.8) is 0 Å². The monoisotopic (exact) mass is 1230 g/mol. The molecule has 8 nitrogen and oxygen atoms in total. The van der Waals surface area contributed by atoms with E-state index in [9.17, 15) is 0 Å². The second kappa shape index (κ2) is 19.2. The molecular weight excluding hydrogens is 1190 g/mol. The van der Waals surface area contributed by atoms with Crippen LogP contribution in [0.5, 0.6) is 0 Å². The van der Waals surface area contributed by atoms with Gasteiger partial charge in [0, 0.05) is 68.6 Å². The molecule has 0 saturated carbocycles. The van der Waals surface area contributed by atoms with Gasteiger partial charge in [0.15, 0.2) is 0 Å². The van der Waals surface area contributed by atoms with Gasteiger partial charge in [0.25, 0.3) is 0 Å². The summed E-state index contributed by atoms with van der Waals surface area (Å²) in [5.74, 6) is 0. The number of para-hydroxylation sites is 2. The van der Waals surface area contributed by atoms with Crippen molar-refractivity contribution in [3.05, 3.63) is 219 Å². The Morgan fingerprint density at radius 1 is 0.421 bits per heavy atom. The number of fused-ring (bicyclic) bond motifs is 12. The Hall–Kier alpha value is -7.07. The van der Waals surface area contributed by atoms with Gasteiger partial charge in [0.2, 0.25) is 0 Å². The van der Waals surface area contributed by atoms with Gasteiger partial charge in [-0.2, -0.15) is 0 Å². The number of rotatable bonds is 4. The second-order valence-corrected chi connectivity index (χ2v) is 23.1. The van der Waals surface area contributed by atoms with E-state index in [2.05, 4.69) is 236 Å². The van der Waals surface area contributed by atoms with Crippen LogP contribution in [-0.2, 0) is 9.31 Å². The molecule has 12 heteroatoms. The molecule has 7 heterocycles. The van der Waals surface area contributed by atoms with Crippen LogP contribution in [0.25, 0.3) is 110 Å². The first-order chi connectivity index (χ1) is 36.9. The molecule has 0 unspecified atom stereocenters. The minimum Gasteiger partial charge on any atom is -0.456 e. The molecule has 370 valence electrons. The standard InChI is InChI=1S/C29H17BrN2O.C23H23BN2O2.C12H6BrIO/c30-20-10-13-28-23(17-20)22-15-19(9-12-27(22)33-28)18-8-11-25-24(16-18)29-26(7-4-14-31-29)32(25)21-5-2-1-3-6-21;1-22(2)23(3,4)28-24(27-22)16-12-13-19-18(15-16)21-20(11-8-14-25-21)26(19)17-9-6-5-7-10-17;13-7-1-3-11-9(5-7)10-6-8(14)2-4-12(10)15-11/h1-17H;5-15H,1-4H3;1-6H. The van der Waals surface area contributed by atoms with Crippen LogP contribution in [0, 0.1) is 3.57 Å². The maximum atomic E-state index is 6.25. The lowest BCUT2D eigenvalue weighted by Crippen LogP contribution is -2.41. The normalized spacial score (nSPS) is 14.1. The number of furan rings is 2. The zero-order chi connectivity index (χ0) is 51.9. The Balaban J connectivity index is 0.000000116. The average Bonchev–Trinajstić information content (AvgIpc) is 4.23. The van der Waals surface area contributed by atoms with Crippen LogP contribution in [-0.4, -0.2) is 37.4 Å². The molecule has 0 spiro atoms. The van der Waals surface area contributed by atoms with Gasteiger partial charge in [-0.15, -0.1) is 0 Å². The zero-order valence-electron chi connectivity index (χ0n) is 41.8. The number of pyridine rings is 2. The first kappa shape index (κ1) is 48.6. The fourth-order valence-corrected chi connectivity index (χ4v) is 11.6. The fraction of sp³-hybridized carbons (Fsp3) is 0.0938. The highest BCUT2D eigenvalue weighted by molar-refractivity contribution is 14.1. The summed E-state index contributed by atoms with van der Waals surface area (Å²) in [6.45, 7) is 8.31. The average molecular weight is 1230 g/mol. The van der Waals surface area contributed by atoms with E-state index >= 15 is 0 Å². The quantitative estimate of drug-likeness (QED) is 0.129. The highest BCUT2D eigenvalue weighted by Gasteiger charge is 2.51. The SMILES string of the molecule is Brc1ccc2oc3ccc(-c4ccc5c(c4)c4ncccc4n5-c4ccccc4)cc3c2c1.Brc1ccc2oc3ccc(I)cc3c2c1.CC1(C)OB(c2ccc3c(c2)c2ncccc2n3-c2ccccc2)OC1(C)C. The van der Waals surface area contributed by atoms with E-state index in [1.54, 1.807) is 0 Å². The van der Waals surface area contributed by atoms with Crippen molar-refractivity contribution in [3.8, 4) is 22.5 Å². The number of hydrogen-bond donors (Lipinski definition) is 0. The molecule has 1 fully saturated rings. The van der Waals surface area contributed by atoms with E-state index in [1.165, 1.54) is 8.96 Å². The molecule has 1 aliphatic heterocycles. The number of hydrogen-bond acceptors (Lipinski definition) is 6. The third-order valence-corrected chi connectivity index (χ3v) is 16.4. The molecule has 0 radical (unpaired) electrons. The Bertz CT molecular complexity index is 4480. The molecule has 6 aromatic heterocycles. The van der Waals surface area contributed by atoms with E-state index in [1.807, 2.05) is 67.0 Å². The Labute approximate surface area is 468 Å². The molecule has 14 aromatic rings. The molecule has 0 atom stereocenters. The third kappa shape index (κ3) is 8.60. The lowest BCUT2D eigenvalue weighted by molar-refractivity contribution is 0.00578. The van der Waals surface area contributed by atoms with Crippen molar-refractivity contribution in [2.45, 2.75) is 38.9 Å². The summed E-state index contributed by atoms with van der Waals surface area (Å²) in [5, 5.41) is 6.83. The lowest BCUT2D eigenvalue weighted by Gasteiger charge is -2.32. The van der Waals surface area contributed by atoms with Crippen molar-refractivity contribution in [2.75, 3.05) is 0 Å². The minimum absolute atomic E-state index is 0.358. The molecule has 0 aliphatic carbocycles. The van der Waals surface area contributed by atoms with Crippen molar-refractivity contribution >= 4 is 155 Å². The fourth-order valence-electron chi connectivity index (χ4n) is 10.4. The largest absolute Gasteiger partial charge is 0.494 e. The zero-order valence-corrected chi connectivity index (χ0v) is 47.1. The number of aromatic nitrogens is 4. The van der Waals surface area contributed by atoms with Gasteiger partial charge >= 0.3 is 7.12 Å². The molecule has 1 aliphatic rings. The number of nitrogens with zero attached hydrogens (tertiary/aromatic N) is 4. The highest BCUT2D eigenvalue weighted by atomic mass is 127. The highest BCUT2D eigenvalue weighted by Crippen LogP contribution is 2.40. The summed E-state index contributed by atoms with van der Waals surface area (Å²) >= 11 is 9.38. The van der Waals surface area contributed by atoms with Crippen LogP contribution in [0.3, 0.4) is 0 Å². The first-order valence-corrected chi connectivity index (χ1v) is 27.7. The summed E-state index contributed by atoms with van der Waals surface area (Å²) in [4.78, 5) is 9.42. The maximum absolute atomic E-state index is 6.25. The molecule has 0 amide bonds. The van der Waals surface area contributed by atoms with Crippen LogP contribution in [0.15, 0.2) is 224 Å². The van der Waals surface area contributed by atoms with Crippen molar-refractivity contribution in [1.29, 1.82) is 0 Å². The summed E-state index contributed by atoms with van der Waals surface area (Å²) in [5.41, 5.74) is 15.0. The second-order valence-electron chi connectivity index (χ2n) is 20.0. The smallest absolute Gasteiger partial charge is 0.456 e. The van der Waals surface area contributed by atoms with Gasteiger partial charge in [0.1, 0.15) is 22.3 Å². The van der Waals surface area contributed by atoms with Crippen LogP contribution in [0.1, 0.15) is 27.7 Å². The first-order valence-electron chi connectivity index (χ1n) is 25.0. The predicted molar refractivity (Wildman–Crippen MR) is 327 cm³/mol. The third-order valence-electron chi connectivity index (χ3n) is 14.8. The van der Waals surface area contributed by atoms with Gasteiger partial charge in [-0.25, -0.2) is 0 Å². The van der Waals surface area contributed by atoms with E-state index in [0.717, 1.165) is 119 Å². The van der Waals surface area contributed by atoms with Crippen molar-refractivity contribution in [2.24, 2.45) is 0 Å². The minimum atomic E-state index is -0.381. The predicted octanol–water partition coefficient (Wildman–Crippen LogP) is 17.9. The van der Waals surface area contributed by atoms with Gasteiger partial charge in [-0.05, 0) is 200 Å². The van der Waals surface area contributed by atoms with Gasteiger partial charge in [-0.1, -0.05) is 92.5 Å².